The molecule has 0 bridgehead atoms. The summed E-state index contributed by atoms with van der Waals surface area (Å²) in [6.45, 7) is 10.9. The van der Waals surface area contributed by atoms with Crippen molar-refractivity contribution < 1.29 is 0 Å². The predicted molar refractivity (Wildman–Crippen MR) is 58.7 cm³/mol. The zero-order valence-corrected chi connectivity index (χ0v) is 9.80. The summed E-state index contributed by atoms with van der Waals surface area (Å²) < 4.78 is 0. The Bertz CT molecular complexity index is 141. The van der Waals surface area contributed by atoms with Crippen LogP contribution in [0, 0.1) is 29.6 Å². The molecule has 0 radical (unpaired) electrons. The molecule has 0 aromatic carbocycles. The molecule has 78 valence electrons. The van der Waals surface area contributed by atoms with Crippen LogP contribution in [0.5, 0.6) is 0 Å². The Morgan fingerprint density at radius 3 is 1.69 bits per heavy atom. The lowest BCUT2D eigenvalue weighted by atomic mass is 9.86. The van der Waals surface area contributed by atoms with Gasteiger partial charge in [-0.3, -0.25) is 0 Å². The second kappa shape index (κ2) is 4.45. The minimum absolute atomic E-state index is 0.914. The van der Waals surface area contributed by atoms with Gasteiger partial charge in [0.2, 0.25) is 0 Å². The van der Waals surface area contributed by atoms with Gasteiger partial charge in [0.15, 0.2) is 0 Å². The minimum Gasteiger partial charge on any atom is -0.320 e. The number of hydrogen-bond donors (Lipinski definition) is 1. The van der Waals surface area contributed by atoms with Crippen molar-refractivity contribution in [2.75, 3.05) is 13.6 Å². The highest BCUT2D eigenvalue weighted by Gasteiger charge is 2.40. The van der Waals surface area contributed by atoms with Gasteiger partial charge >= 0.3 is 0 Å². The zero-order valence-electron chi connectivity index (χ0n) is 9.80. The summed E-state index contributed by atoms with van der Waals surface area (Å²) in [6, 6.07) is 0. The SMILES string of the molecule is CNCCC1C(C)C(C)C(C)C1C. The molecule has 1 heteroatoms. The molecule has 0 amide bonds. The van der Waals surface area contributed by atoms with E-state index >= 15 is 0 Å². The molecule has 0 aliphatic heterocycles. The van der Waals surface area contributed by atoms with Gasteiger partial charge in [-0.1, -0.05) is 27.7 Å². The van der Waals surface area contributed by atoms with Gasteiger partial charge in [-0.05, 0) is 49.6 Å². The lowest BCUT2D eigenvalue weighted by Gasteiger charge is -2.20. The summed E-state index contributed by atoms with van der Waals surface area (Å²) >= 11 is 0. The number of nitrogens with one attached hydrogen (secondary N) is 1. The Morgan fingerprint density at radius 2 is 1.31 bits per heavy atom. The third-order valence-corrected chi connectivity index (χ3v) is 4.57. The third-order valence-electron chi connectivity index (χ3n) is 4.57. The van der Waals surface area contributed by atoms with Crippen molar-refractivity contribution in [1.82, 2.24) is 5.32 Å². The Labute approximate surface area is 83.3 Å². The van der Waals surface area contributed by atoms with E-state index in [0.29, 0.717) is 0 Å². The van der Waals surface area contributed by atoms with E-state index < -0.39 is 0 Å². The first-order valence-electron chi connectivity index (χ1n) is 5.74. The van der Waals surface area contributed by atoms with Crippen LogP contribution in [0.1, 0.15) is 34.1 Å². The maximum atomic E-state index is 3.27. The van der Waals surface area contributed by atoms with Crippen molar-refractivity contribution in [2.24, 2.45) is 29.6 Å². The van der Waals surface area contributed by atoms with E-state index in [0.717, 1.165) is 29.6 Å². The summed E-state index contributed by atoms with van der Waals surface area (Å²) in [5.74, 6) is 4.60. The average molecular weight is 183 g/mol. The van der Waals surface area contributed by atoms with Crippen LogP contribution in [-0.4, -0.2) is 13.6 Å². The van der Waals surface area contributed by atoms with Crippen LogP contribution in [0.2, 0.25) is 0 Å². The molecule has 13 heavy (non-hydrogen) atoms. The number of hydrogen-bond acceptors (Lipinski definition) is 1. The maximum absolute atomic E-state index is 3.27. The van der Waals surface area contributed by atoms with E-state index in [-0.39, 0.29) is 0 Å². The summed E-state index contributed by atoms with van der Waals surface area (Å²) in [5, 5.41) is 3.27. The molecule has 1 N–H and O–H groups in total. The zero-order chi connectivity index (χ0) is 10.0. The Kier molecular flexibility index (Phi) is 3.78. The first-order chi connectivity index (χ1) is 6.09. The molecular formula is C12H25N. The van der Waals surface area contributed by atoms with Gasteiger partial charge in [0.1, 0.15) is 0 Å². The third kappa shape index (κ3) is 2.07. The molecule has 4 atom stereocenters. The van der Waals surface area contributed by atoms with Gasteiger partial charge in [-0.25, -0.2) is 0 Å². The monoisotopic (exact) mass is 183 g/mol. The average Bonchev–Trinajstić information content (AvgIpc) is 2.30. The Hall–Kier alpha value is -0.0400. The summed E-state index contributed by atoms with van der Waals surface area (Å²) in [5.41, 5.74) is 0. The quantitative estimate of drug-likeness (QED) is 0.709. The fraction of sp³-hybridized carbons (Fsp3) is 1.00. The van der Waals surface area contributed by atoms with Crippen molar-refractivity contribution in [2.45, 2.75) is 34.1 Å². The van der Waals surface area contributed by atoms with Crippen molar-refractivity contribution in [3.63, 3.8) is 0 Å². The standard InChI is InChI=1S/C12H25N/c1-8-9(2)11(4)12(10(8)3)6-7-13-5/h8-13H,6-7H2,1-5H3. The lowest BCUT2D eigenvalue weighted by Crippen LogP contribution is -2.19. The highest BCUT2D eigenvalue weighted by atomic mass is 14.8. The first-order valence-corrected chi connectivity index (χ1v) is 5.74. The Balaban J connectivity index is 2.53. The molecule has 1 aliphatic rings. The molecule has 1 rings (SSSR count). The van der Waals surface area contributed by atoms with Crippen LogP contribution < -0.4 is 5.32 Å². The topological polar surface area (TPSA) is 12.0 Å². The van der Waals surface area contributed by atoms with Crippen LogP contribution in [-0.2, 0) is 0 Å². The molecule has 1 aliphatic carbocycles. The molecule has 1 fully saturated rings. The van der Waals surface area contributed by atoms with Gasteiger partial charge in [-0.15, -0.1) is 0 Å². The summed E-state index contributed by atoms with van der Waals surface area (Å²) in [6.07, 6.45) is 1.35. The maximum Gasteiger partial charge on any atom is -0.00491 e. The smallest absolute Gasteiger partial charge is 0.00491 e. The number of rotatable bonds is 3. The van der Waals surface area contributed by atoms with E-state index in [1.54, 1.807) is 0 Å². The first kappa shape index (κ1) is 11.0. The van der Waals surface area contributed by atoms with Gasteiger partial charge in [-0.2, -0.15) is 0 Å². The molecule has 0 aromatic heterocycles. The summed E-state index contributed by atoms with van der Waals surface area (Å²) in [7, 11) is 2.05. The molecule has 0 spiro atoms. The van der Waals surface area contributed by atoms with Crippen molar-refractivity contribution in [3.8, 4) is 0 Å². The van der Waals surface area contributed by atoms with Crippen LogP contribution in [0.25, 0.3) is 0 Å². The minimum atomic E-state index is 0.914. The summed E-state index contributed by atoms with van der Waals surface area (Å²) in [4.78, 5) is 0. The lowest BCUT2D eigenvalue weighted by molar-refractivity contribution is 0.298. The van der Waals surface area contributed by atoms with Crippen LogP contribution in [0.4, 0.5) is 0 Å². The van der Waals surface area contributed by atoms with E-state index in [1.165, 1.54) is 13.0 Å². The van der Waals surface area contributed by atoms with Crippen molar-refractivity contribution in [1.29, 1.82) is 0 Å². The fourth-order valence-electron chi connectivity index (χ4n) is 3.05. The van der Waals surface area contributed by atoms with Crippen LogP contribution in [0.15, 0.2) is 0 Å². The second-order valence-corrected chi connectivity index (χ2v) is 4.99. The molecule has 0 saturated heterocycles. The van der Waals surface area contributed by atoms with Gasteiger partial charge in [0, 0.05) is 0 Å². The van der Waals surface area contributed by atoms with Crippen molar-refractivity contribution in [3.05, 3.63) is 0 Å². The second-order valence-electron chi connectivity index (χ2n) is 4.99. The van der Waals surface area contributed by atoms with Gasteiger partial charge < -0.3 is 5.32 Å². The molecule has 0 aromatic rings. The highest BCUT2D eigenvalue weighted by molar-refractivity contribution is 4.89. The van der Waals surface area contributed by atoms with E-state index in [1.807, 2.05) is 0 Å². The van der Waals surface area contributed by atoms with Crippen LogP contribution >= 0.6 is 0 Å². The van der Waals surface area contributed by atoms with E-state index in [2.05, 4.69) is 40.1 Å². The van der Waals surface area contributed by atoms with E-state index in [9.17, 15) is 0 Å². The van der Waals surface area contributed by atoms with Gasteiger partial charge in [0.05, 0.1) is 0 Å². The fourth-order valence-corrected chi connectivity index (χ4v) is 3.05. The van der Waals surface area contributed by atoms with Crippen molar-refractivity contribution >= 4 is 0 Å². The normalized spacial score (nSPS) is 45.5. The van der Waals surface area contributed by atoms with E-state index in [4.69, 9.17) is 0 Å². The molecular weight excluding hydrogens is 158 g/mol. The molecule has 1 nitrogen and oxygen atoms in total. The molecule has 4 unspecified atom stereocenters. The van der Waals surface area contributed by atoms with Gasteiger partial charge in [0.25, 0.3) is 0 Å². The largest absolute Gasteiger partial charge is 0.320 e. The van der Waals surface area contributed by atoms with Crippen LogP contribution in [0.3, 0.4) is 0 Å². The Morgan fingerprint density at radius 1 is 0.846 bits per heavy atom. The molecule has 0 heterocycles. The highest BCUT2D eigenvalue weighted by Crippen LogP contribution is 2.46. The predicted octanol–water partition coefficient (Wildman–Crippen LogP) is 2.77. The molecule has 1 saturated carbocycles.